The van der Waals surface area contributed by atoms with Crippen molar-refractivity contribution in [2.75, 3.05) is 5.73 Å². The second kappa shape index (κ2) is 5.30. The summed E-state index contributed by atoms with van der Waals surface area (Å²) in [6, 6.07) is 18.1. The summed E-state index contributed by atoms with van der Waals surface area (Å²) in [7, 11) is 0. The van der Waals surface area contributed by atoms with Crippen LogP contribution in [0, 0.1) is 0 Å². The van der Waals surface area contributed by atoms with Crippen LogP contribution in [-0.2, 0) is 0 Å². The number of nitrogen functional groups attached to an aromatic ring is 1. The molecule has 2 N–H and O–H groups in total. The SMILES string of the molecule is CC=NC(c1ccccc1)c1ccccc1N. The predicted molar refractivity (Wildman–Crippen MR) is 73.3 cm³/mol. The number of nitrogens with zero attached hydrogens (tertiary/aromatic N) is 1. The van der Waals surface area contributed by atoms with Crippen molar-refractivity contribution in [1.82, 2.24) is 0 Å². The minimum atomic E-state index is -0.0117. The van der Waals surface area contributed by atoms with E-state index in [9.17, 15) is 0 Å². The highest BCUT2D eigenvalue weighted by atomic mass is 14.8. The second-order valence-corrected chi connectivity index (χ2v) is 3.85. The van der Waals surface area contributed by atoms with Crippen molar-refractivity contribution in [1.29, 1.82) is 0 Å². The van der Waals surface area contributed by atoms with E-state index in [1.807, 2.05) is 55.6 Å². The number of benzene rings is 2. The fourth-order valence-corrected chi connectivity index (χ4v) is 1.89. The minimum Gasteiger partial charge on any atom is -0.398 e. The number of hydrogen-bond donors (Lipinski definition) is 1. The number of para-hydroxylation sites is 1. The highest BCUT2D eigenvalue weighted by Crippen LogP contribution is 2.29. The molecule has 0 saturated heterocycles. The molecule has 0 amide bonds. The van der Waals surface area contributed by atoms with Gasteiger partial charge in [0.15, 0.2) is 0 Å². The highest BCUT2D eigenvalue weighted by Gasteiger charge is 2.13. The largest absolute Gasteiger partial charge is 0.398 e. The van der Waals surface area contributed by atoms with Crippen LogP contribution in [-0.4, -0.2) is 6.21 Å². The molecule has 1 unspecified atom stereocenters. The molecule has 0 fully saturated rings. The van der Waals surface area contributed by atoms with E-state index in [0.717, 1.165) is 16.8 Å². The van der Waals surface area contributed by atoms with Gasteiger partial charge in [0.1, 0.15) is 6.04 Å². The zero-order valence-corrected chi connectivity index (χ0v) is 9.88. The lowest BCUT2D eigenvalue weighted by molar-refractivity contribution is 0.880. The first kappa shape index (κ1) is 11.4. The molecule has 0 aliphatic carbocycles. The fraction of sp³-hybridized carbons (Fsp3) is 0.133. The molecule has 0 aromatic heterocycles. The van der Waals surface area contributed by atoms with Crippen LogP contribution >= 0.6 is 0 Å². The molecule has 2 aromatic rings. The van der Waals surface area contributed by atoms with Crippen molar-refractivity contribution in [3.05, 3.63) is 65.7 Å². The minimum absolute atomic E-state index is 0.0117. The normalized spacial score (nSPS) is 12.8. The van der Waals surface area contributed by atoms with Crippen LogP contribution in [0.5, 0.6) is 0 Å². The average molecular weight is 224 g/mol. The highest BCUT2D eigenvalue weighted by molar-refractivity contribution is 5.58. The molecule has 0 bridgehead atoms. The van der Waals surface area contributed by atoms with Crippen molar-refractivity contribution in [3.63, 3.8) is 0 Å². The van der Waals surface area contributed by atoms with Gasteiger partial charge < -0.3 is 5.73 Å². The molecule has 0 saturated carbocycles. The molecule has 1 atom stereocenters. The standard InChI is InChI=1S/C15H16N2/c1-2-17-15(12-8-4-3-5-9-12)13-10-6-7-11-14(13)16/h2-11,15H,16H2,1H3. The first-order chi connectivity index (χ1) is 8.33. The molecule has 0 heterocycles. The molecule has 17 heavy (non-hydrogen) atoms. The van der Waals surface area contributed by atoms with E-state index in [2.05, 4.69) is 17.1 Å². The Hall–Kier alpha value is -2.09. The monoisotopic (exact) mass is 224 g/mol. The average Bonchev–Trinajstić information content (AvgIpc) is 2.38. The number of hydrogen-bond acceptors (Lipinski definition) is 2. The summed E-state index contributed by atoms with van der Waals surface area (Å²) < 4.78 is 0. The van der Waals surface area contributed by atoms with E-state index in [1.165, 1.54) is 0 Å². The summed E-state index contributed by atoms with van der Waals surface area (Å²) >= 11 is 0. The first-order valence-electron chi connectivity index (χ1n) is 5.70. The summed E-state index contributed by atoms with van der Waals surface area (Å²) in [5, 5.41) is 0. The molecule has 2 heteroatoms. The topological polar surface area (TPSA) is 38.4 Å². The van der Waals surface area contributed by atoms with E-state index >= 15 is 0 Å². The van der Waals surface area contributed by atoms with Gasteiger partial charge in [-0.05, 0) is 24.8 Å². The van der Waals surface area contributed by atoms with Gasteiger partial charge in [-0.25, -0.2) is 0 Å². The Morgan fingerprint density at radius 3 is 2.29 bits per heavy atom. The van der Waals surface area contributed by atoms with Gasteiger partial charge in [0.05, 0.1) is 0 Å². The predicted octanol–water partition coefficient (Wildman–Crippen LogP) is 3.45. The summed E-state index contributed by atoms with van der Waals surface area (Å²) in [5.74, 6) is 0. The summed E-state index contributed by atoms with van der Waals surface area (Å²) in [4.78, 5) is 4.52. The summed E-state index contributed by atoms with van der Waals surface area (Å²) in [5.41, 5.74) is 9.01. The van der Waals surface area contributed by atoms with Crippen molar-refractivity contribution in [2.45, 2.75) is 13.0 Å². The van der Waals surface area contributed by atoms with Crippen molar-refractivity contribution < 1.29 is 0 Å². The van der Waals surface area contributed by atoms with E-state index < -0.39 is 0 Å². The Labute approximate surface area is 102 Å². The van der Waals surface area contributed by atoms with E-state index in [-0.39, 0.29) is 6.04 Å². The smallest absolute Gasteiger partial charge is 0.101 e. The van der Waals surface area contributed by atoms with Gasteiger partial charge in [0.25, 0.3) is 0 Å². The third-order valence-corrected chi connectivity index (χ3v) is 2.70. The van der Waals surface area contributed by atoms with Gasteiger partial charge in [-0.15, -0.1) is 0 Å². The van der Waals surface area contributed by atoms with Crippen molar-refractivity contribution in [2.24, 2.45) is 4.99 Å². The molecule has 2 aromatic carbocycles. The maximum Gasteiger partial charge on any atom is 0.101 e. The molecular formula is C15H16N2. The number of anilines is 1. The van der Waals surface area contributed by atoms with Gasteiger partial charge in [0.2, 0.25) is 0 Å². The van der Waals surface area contributed by atoms with E-state index in [0.29, 0.717) is 0 Å². The summed E-state index contributed by atoms with van der Waals surface area (Å²) in [6.45, 7) is 1.93. The number of aliphatic imine (C=N–C) groups is 1. The van der Waals surface area contributed by atoms with E-state index in [1.54, 1.807) is 0 Å². The van der Waals surface area contributed by atoms with Crippen LogP contribution in [0.3, 0.4) is 0 Å². The Kier molecular flexibility index (Phi) is 3.55. The Balaban J connectivity index is 2.47. The maximum atomic E-state index is 6.02. The molecular weight excluding hydrogens is 208 g/mol. The molecule has 86 valence electrons. The maximum absolute atomic E-state index is 6.02. The van der Waals surface area contributed by atoms with Crippen molar-refractivity contribution in [3.8, 4) is 0 Å². The van der Waals surface area contributed by atoms with Crippen LogP contribution in [0.4, 0.5) is 5.69 Å². The lowest BCUT2D eigenvalue weighted by Gasteiger charge is -2.15. The number of nitrogens with two attached hydrogens (primary N) is 1. The molecule has 0 radical (unpaired) electrons. The zero-order chi connectivity index (χ0) is 12.1. The number of rotatable bonds is 3. The second-order valence-electron chi connectivity index (χ2n) is 3.85. The molecule has 0 aliphatic heterocycles. The molecule has 0 aliphatic rings. The Morgan fingerprint density at radius 2 is 1.65 bits per heavy atom. The van der Waals surface area contributed by atoms with Crippen LogP contribution in [0.1, 0.15) is 24.1 Å². The van der Waals surface area contributed by atoms with Crippen LogP contribution < -0.4 is 5.73 Å². The van der Waals surface area contributed by atoms with Gasteiger partial charge in [0, 0.05) is 11.3 Å². The lowest BCUT2D eigenvalue weighted by Crippen LogP contribution is -2.02. The third-order valence-electron chi connectivity index (χ3n) is 2.70. The lowest BCUT2D eigenvalue weighted by atomic mass is 9.98. The Morgan fingerprint density at radius 1 is 1.00 bits per heavy atom. The first-order valence-corrected chi connectivity index (χ1v) is 5.70. The Bertz CT molecular complexity index is 503. The molecule has 2 nitrogen and oxygen atoms in total. The molecule has 2 rings (SSSR count). The summed E-state index contributed by atoms with van der Waals surface area (Å²) in [6.07, 6.45) is 1.82. The fourth-order valence-electron chi connectivity index (χ4n) is 1.89. The van der Waals surface area contributed by atoms with Crippen LogP contribution in [0.25, 0.3) is 0 Å². The van der Waals surface area contributed by atoms with E-state index in [4.69, 9.17) is 5.73 Å². The van der Waals surface area contributed by atoms with Gasteiger partial charge in [-0.2, -0.15) is 0 Å². The quantitative estimate of drug-likeness (QED) is 0.629. The van der Waals surface area contributed by atoms with Gasteiger partial charge in [-0.3, -0.25) is 4.99 Å². The zero-order valence-electron chi connectivity index (χ0n) is 9.88. The van der Waals surface area contributed by atoms with Gasteiger partial charge >= 0.3 is 0 Å². The third kappa shape index (κ3) is 2.53. The molecule has 0 spiro atoms. The van der Waals surface area contributed by atoms with Crippen molar-refractivity contribution >= 4 is 11.9 Å². The van der Waals surface area contributed by atoms with Crippen LogP contribution in [0.2, 0.25) is 0 Å². The van der Waals surface area contributed by atoms with Gasteiger partial charge in [-0.1, -0.05) is 48.5 Å². The van der Waals surface area contributed by atoms with Crippen LogP contribution in [0.15, 0.2) is 59.6 Å².